The zero-order valence-corrected chi connectivity index (χ0v) is 12.0. The summed E-state index contributed by atoms with van der Waals surface area (Å²) < 4.78 is 23.4. The van der Waals surface area contributed by atoms with Gasteiger partial charge < -0.3 is 5.73 Å². The summed E-state index contributed by atoms with van der Waals surface area (Å²) in [5, 5.41) is 2.12. The van der Waals surface area contributed by atoms with E-state index in [1.165, 1.54) is 10.4 Å². The summed E-state index contributed by atoms with van der Waals surface area (Å²) in [6, 6.07) is 2.19. The molecule has 0 radical (unpaired) electrons. The SMILES string of the molecule is CC1c2ccsc2CCN1C1CS(=O)(=O)CC1N. The van der Waals surface area contributed by atoms with Crippen LogP contribution in [0.3, 0.4) is 0 Å². The van der Waals surface area contributed by atoms with Crippen molar-refractivity contribution in [1.29, 1.82) is 0 Å². The van der Waals surface area contributed by atoms with Crippen LogP contribution >= 0.6 is 11.3 Å². The number of thiophene rings is 1. The molecule has 2 N–H and O–H groups in total. The van der Waals surface area contributed by atoms with Crippen molar-refractivity contribution in [3.8, 4) is 0 Å². The van der Waals surface area contributed by atoms with E-state index in [2.05, 4.69) is 23.3 Å². The zero-order chi connectivity index (χ0) is 12.9. The Balaban J connectivity index is 1.87. The average Bonchev–Trinajstić information content (AvgIpc) is 2.84. The molecule has 1 aromatic heterocycles. The molecule has 0 amide bonds. The van der Waals surface area contributed by atoms with Crippen molar-refractivity contribution in [2.45, 2.75) is 31.5 Å². The molecule has 3 heterocycles. The van der Waals surface area contributed by atoms with Crippen molar-refractivity contribution in [3.05, 3.63) is 21.9 Å². The maximum Gasteiger partial charge on any atom is 0.153 e. The lowest BCUT2D eigenvalue weighted by Crippen LogP contribution is -2.50. The molecule has 0 spiro atoms. The number of hydrogen-bond acceptors (Lipinski definition) is 5. The molecule has 1 aromatic rings. The minimum Gasteiger partial charge on any atom is -0.325 e. The first-order valence-electron chi connectivity index (χ1n) is 6.26. The standard InChI is InChI=1S/C12H18N2O2S2/c1-8-9-3-5-17-12(9)2-4-14(8)11-7-18(15,16)6-10(11)13/h3,5,8,10-11H,2,4,6-7,13H2,1H3. The first kappa shape index (κ1) is 12.6. The van der Waals surface area contributed by atoms with Crippen LogP contribution in [-0.4, -0.2) is 43.5 Å². The van der Waals surface area contributed by atoms with Gasteiger partial charge in [0.1, 0.15) is 0 Å². The maximum absolute atomic E-state index is 11.7. The summed E-state index contributed by atoms with van der Waals surface area (Å²) in [7, 11) is -2.95. The Morgan fingerprint density at radius 1 is 1.44 bits per heavy atom. The fourth-order valence-corrected chi connectivity index (χ4v) is 6.05. The fourth-order valence-electron chi connectivity index (χ4n) is 3.18. The molecular weight excluding hydrogens is 268 g/mol. The Hall–Kier alpha value is -0.430. The second-order valence-corrected chi connectivity index (χ2v) is 8.43. The summed E-state index contributed by atoms with van der Waals surface area (Å²) in [5.74, 6) is 0.357. The van der Waals surface area contributed by atoms with Crippen molar-refractivity contribution >= 4 is 21.2 Å². The number of nitrogens with two attached hydrogens (primary N) is 1. The Bertz CT molecular complexity index is 552. The van der Waals surface area contributed by atoms with E-state index in [1.807, 2.05) is 0 Å². The highest BCUT2D eigenvalue weighted by Crippen LogP contribution is 2.35. The van der Waals surface area contributed by atoms with E-state index in [9.17, 15) is 8.42 Å². The molecule has 6 heteroatoms. The Kier molecular flexibility index (Phi) is 3.01. The molecule has 3 atom stereocenters. The van der Waals surface area contributed by atoms with Gasteiger partial charge in [0, 0.05) is 29.5 Å². The van der Waals surface area contributed by atoms with Gasteiger partial charge in [-0.05, 0) is 30.4 Å². The van der Waals surface area contributed by atoms with Crippen molar-refractivity contribution in [1.82, 2.24) is 4.90 Å². The van der Waals surface area contributed by atoms with E-state index in [4.69, 9.17) is 5.73 Å². The van der Waals surface area contributed by atoms with Crippen LogP contribution in [-0.2, 0) is 16.3 Å². The monoisotopic (exact) mass is 286 g/mol. The largest absolute Gasteiger partial charge is 0.325 e. The van der Waals surface area contributed by atoms with Gasteiger partial charge in [0.05, 0.1) is 11.5 Å². The van der Waals surface area contributed by atoms with Crippen LogP contribution in [0.5, 0.6) is 0 Å². The molecule has 1 fully saturated rings. The minimum atomic E-state index is -2.95. The lowest BCUT2D eigenvalue weighted by Gasteiger charge is -2.39. The van der Waals surface area contributed by atoms with Crippen LogP contribution in [0.15, 0.2) is 11.4 Å². The zero-order valence-electron chi connectivity index (χ0n) is 10.4. The third-order valence-corrected chi connectivity index (χ3v) is 6.85. The van der Waals surface area contributed by atoms with Gasteiger partial charge in [-0.2, -0.15) is 0 Å². The molecule has 3 unspecified atom stereocenters. The number of fused-ring (bicyclic) bond motifs is 1. The topological polar surface area (TPSA) is 63.4 Å². The van der Waals surface area contributed by atoms with Crippen LogP contribution < -0.4 is 5.73 Å². The highest BCUT2D eigenvalue weighted by molar-refractivity contribution is 7.91. The number of nitrogens with zero attached hydrogens (tertiary/aromatic N) is 1. The Labute approximate surface area is 112 Å². The predicted octanol–water partition coefficient (Wildman–Crippen LogP) is 0.792. The molecule has 1 saturated heterocycles. The summed E-state index contributed by atoms with van der Waals surface area (Å²) in [4.78, 5) is 3.72. The third-order valence-electron chi connectivity index (χ3n) is 4.12. The maximum atomic E-state index is 11.7. The molecule has 100 valence electrons. The second-order valence-electron chi connectivity index (χ2n) is 5.27. The third kappa shape index (κ3) is 2.01. The van der Waals surface area contributed by atoms with Gasteiger partial charge >= 0.3 is 0 Å². The molecule has 18 heavy (non-hydrogen) atoms. The normalized spacial score (nSPS) is 35.6. The molecule has 2 aliphatic rings. The highest BCUT2D eigenvalue weighted by Gasteiger charge is 2.41. The smallest absolute Gasteiger partial charge is 0.153 e. The van der Waals surface area contributed by atoms with Crippen molar-refractivity contribution in [2.24, 2.45) is 5.73 Å². The molecule has 0 aliphatic carbocycles. The van der Waals surface area contributed by atoms with Gasteiger partial charge in [0.25, 0.3) is 0 Å². The van der Waals surface area contributed by atoms with Crippen LogP contribution in [0.4, 0.5) is 0 Å². The lowest BCUT2D eigenvalue weighted by atomic mass is 9.98. The first-order valence-corrected chi connectivity index (χ1v) is 8.96. The molecule has 2 aliphatic heterocycles. The van der Waals surface area contributed by atoms with Gasteiger partial charge in [-0.15, -0.1) is 11.3 Å². The first-order chi connectivity index (χ1) is 8.48. The lowest BCUT2D eigenvalue weighted by molar-refractivity contribution is 0.138. The van der Waals surface area contributed by atoms with E-state index in [0.29, 0.717) is 0 Å². The molecule has 0 aromatic carbocycles. The average molecular weight is 286 g/mol. The highest BCUT2D eigenvalue weighted by atomic mass is 32.2. The molecule has 4 nitrogen and oxygen atoms in total. The summed E-state index contributed by atoms with van der Waals surface area (Å²) in [5.41, 5.74) is 7.37. The molecule has 0 bridgehead atoms. The van der Waals surface area contributed by atoms with Crippen LogP contribution in [0, 0.1) is 0 Å². The van der Waals surface area contributed by atoms with Gasteiger partial charge in [0.15, 0.2) is 9.84 Å². The summed E-state index contributed by atoms with van der Waals surface area (Å²) in [6.07, 6.45) is 1.01. The minimum absolute atomic E-state index is 0.0157. The molecule has 3 rings (SSSR count). The van der Waals surface area contributed by atoms with Gasteiger partial charge in [-0.25, -0.2) is 8.42 Å². The van der Waals surface area contributed by atoms with E-state index >= 15 is 0 Å². The van der Waals surface area contributed by atoms with Crippen molar-refractivity contribution in [2.75, 3.05) is 18.1 Å². The van der Waals surface area contributed by atoms with Crippen LogP contribution in [0.2, 0.25) is 0 Å². The fraction of sp³-hybridized carbons (Fsp3) is 0.667. The molecule has 0 saturated carbocycles. The Morgan fingerprint density at radius 3 is 2.89 bits per heavy atom. The van der Waals surface area contributed by atoms with Crippen LogP contribution in [0.25, 0.3) is 0 Å². The summed E-state index contributed by atoms with van der Waals surface area (Å²) in [6.45, 7) is 3.07. The number of sulfone groups is 1. The predicted molar refractivity (Wildman–Crippen MR) is 73.6 cm³/mol. The molecular formula is C12H18N2O2S2. The van der Waals surface area contributed by atoms with E-state index in [0.717, 1.165) is 13.0 Å². The van der Waals surface area contributed by atoms with Crippen molar-refractivity contribution in [3.63, 3.8) is 0 Å². The van der Waals surface area contributed by atoms with Gasteiger partial charge in [-0.1, -0.05) is 0 Å². The second kappa shape index (κ2) is 4.30. The number of hydrogen-bond donors (Lipinski definition) is 1. The van der Waals surface area contributed by atoms with Gasteiger partial charge in [-0.3, -0.25) is 4.90 Å². The van der Waals surface area contributed by atoms with Crippen molar-refractivity contribution < 1.29 is 8.42 Å². The van der Waals surface area contributed by atoms with E-state index < -0.39 is 9.84 Å². The quantitative estimate of drug-likeness (QED) is 0.829. The number of rotatable bonds is 1. The Morgan fingerprint density at radius 2 is 2.22 bits per heavy atom. The van der Waals surface area contributed by atoms with E-state index in [-0.39, 0.29) is 29.6 Å². The van der Waals surface area contributed by atoms with Gasteiger partial charge in [0.2, 0.25) is 0 Å². The summed E-state index contributed by atoms with van der Waals surface area (Å²) >= 11 is 1.80. The van der Waals surface area contributed by atoms with Crippen LogP contribution in [0.1, 0.15) is 23.4 Å². The van der Waals surface area contributed by atoms with E-state index in [1.54, 1.807) is 11.3 Å².